The minimum Gasteiger partial charge on any atom is -0.504 e. The van der Waals surface area contributed by atoms with E-state index in [0.717, 1.165) is 25.7 Å². The molecule has 3 aliphatic carbocycles. The molecule has 3 rings (SSSR count). The highest BCUT2D eigenvalue weighted by molar-refractivity contribution is 6.06. The monoisotopic (exact) mass is 288 g/mol. The normalized spacial score (nSPS) is 31.4. The average Bonchev–Trinajstić information content (AvgIpc) is 2.50. The van der Waals surface area contributed by atoms with Crippen molar-refractivity contribution in [2.24, 2.45) is 11.3 Å². The maximum atomic E-state index is 12.7. The van der Waals surface area contributed by atoms with Gasteiger partial charge in [0.2, 0.25) is 5.78 Å². The van der Waals surface area contributed by atoms with E-state index >= 15 is 0 Å². The Morgan fingerprint density at radius 1 is 1.48 bits per heavy atom. The zero-order chi connectivity index (χ0) is 15.0. The maximum absolute atomic E-state index is 12.7. The van der Waals surface area contributed by atoms with E-state index in [0.29, 0.717) is 18.6 Å². The molecular weight excluding hydrogens is 268 g/mol. The highest BCUT2D eigenvalue weighted by Gasteiger charge is 2.54. The van der Waals surface area contributed by atoms with Crippen LogP contribution in [-0.4, -0.2) is 23.5 Å². The Morgan fingerprint density at radius 3 is 3.05 bits per heavy atom. The van der Waals surface area contributed by atoms with Crippen molar-refractivity contribution in [2.45, 2.75) is 39.0 Å². The predicted molar refractivity (Wildman–Crippen MR) is 77.5 cm³/mol. The lowest BCUT2D eigenvalue weighted by atomic mass is 9.57. The standard InChI is InChI=1S/C17H20O4/c1-2-21-16(20)17-10-9-14(18)15(19)13(17)8-7-11-5-3-4-6-12(11)17/h7,9-10,12,19H,2-6,8H2,1H3. The lowest BCUT2D eigenvalue weighted by Crippen LogP contribution is -2.46. The van der Waals surface area contributed by atoms with Crippen molar-refractivity contribution in [3.63, 3.8) is 0 Å². The number of hydrogen-bond donors (Lipinski definition) is 1. The van der Waals surface area contributed by atoms with Gasteiger partial charge in [-0.3, -0.25) is 9.59 Å². The number of carbonyl (C=O) groups excluding carboxylic acids is 2. The zero-order valence-corrected chi connectivity index (χ0v) is 12.2. The molecule has 4 heteroatoms. The van der Waals surface area contributed by atoms with Crippen LogP contribution >= 0.6 is 0 Å². The van der Waals surface area contributed by atoms with Crippen LogP contribution in [0.5, 0.6) is 0 Å². The molecule has 0 spiro atoms. The summed E-state index contributed by atoms with van der Waals surface area (Å²) in [4.78, 5) is 24.5. The van der Waals surface area contributed by atoms with Crippen LogP contribution in [-0.2, 0) is 14.3 Å². The van der Waals surface area contributed by atoms with Crippen LogP contribution in [0.1, 0.15) is 39.0 Å². The zero-order valence-electron chi connectivity index (χ0n) is 12.2. The molecule has 0 aromatic carbocycles. The van der Waals surface area contributed by atoms with Crippen molar-refractivity contribution in [1.82, 2.24) is 0 Å². The molecule has 0 heterocycles. The summed E-state index contributed by atoms with van der Waals surface area (Å²) in [6, 6.07) is 0. The van der Waals surface area contributed by atoms with Gasteiger partial charge in [-0.25, -0.2) is 0 Å². The Hall–Kier alpha value is -1.84. The smallest absolute Gasteiger partial charge is 0.320 e. The number of rotatable bonds is 2. The number of fused-ring (bicyclic) bond motifs is 3. The Bertz CT molecular complexity index is 582. The minimum atomic E-state index is -0.974. The van der Waals surface area contributed by atoms with Gasteiger partial charge in [0.15, 0.2) is 5.76 Å². The Labute approximate surface area is 124 Å². The Balaban J connectivity index is 2.16. The van der Waals surface area contributed by atoms with Crippen molar-refractivity contribution >= 4 is 11.8 Å². The van der Waals surface area contributed by atoms with Crippen LogP contribution in [0.4, 0.5) is 0 Å². The van der Waals surface area contributed by atoms with Crippen molar-refractivity contribution in [2.75, 3.05) is 6.61 Å². The molecule has 0 bridgehead atoms. The summed E-state index contributed by atoms with van der Waals surface area (Å²) in [5.74, 6) is -1.02. The first-order chi connectivity index (χ1) is 10.1. The molecule has 1 N–H and O–H groups in total. The maximum Gasteiger partial charge on any atom is 0.320 e. The molecule has 0 saturated heterocycles. The van der Waals surface area contributed by atoms with Crippen molar-refractivity contribution in [1.29, 1.82) is 0 Å². The number of esters is 1. The largest absolute Gasteiger partial charge is 0.504 e. The molecule has 4 nitrogen and oxygen atoms in total. The lowest BCUT2D eigenvalue weighted by molar-refractivity contribution is -0.153. The van der Waals surface area contributed by atoms with Crippen molar-refractivity contribution < 1.29 is 19.4 Å². The fraction of sp³-hybridized carbons (Fsp3) is 0.529. The summed E-state index contributed by atoms with van der Waals surface area (Å²) in [7, 11) is 0. The molecule has 0 radical (unpaired) electrons. The number of ether oxygens (including phenoxy) is 1. The van der Waals surface area contributed by atoms with Crippen molar-refractivity contribution in [3.8, 4) is 0 Å². The minimum absolute atomic E-state index is 0.0144. The second-order valence-corrected chi connectivity index (χ2v) is 5.90. The van der Waals surface area contributed by atoms with Gasteiger partial charge in [-0.15, -0.1) is 0 Å². The number of aliphatic hydroxyl groups excluding tert-OH is 1. The van der Waals surface area contributed by atoms with Crippen LogP contribution in [0.2, 0.25) is 0 Å². The second-order valence-electron chi connectivity index (χ2n) is 5.90. The number of aliphatic hydroxyl groups is 1. The third-order valence-electron chi connectivity index (χ3n) is 4.90. The topological polar surface area (TPSA) is 63.6 Å². The first kappa shape index (κ1) is 14.1. The van der Waals surface area contributed by atoms with E-state index < -0.39 is 11.2 Å². The average molecular weight is 288 g/mol. The molecule has 1 saturated carbocycles. The van der Waals surface area contributed by atoms with Gasteiger partial charge in [-0.05, 0) is 38.7 Å². The van der Waals surface area contributed by atoms with E-state index in [4.69, 9.17) is 4.74 Å². The van der Waals surface area contributed by atoms with Gasteiger partial charge in [0.1, 0.15) is 5.41 Å². The van der Waals surface area contributed by atoms with E-state index in [9.17, 15) is 14.7 Å². The predicted octanol–water partition coefficient (Wildman–Crippen LogP) is 3.01. The van der Waals surface area contributed by atoms with Crippen LogP contribution < -0.4 is 0 Å². The fourth-order valence-corrected chi connectivity index (χ4v) is 3.94. The number of allylic oxidation sites excluding steroid dienone is 3. The third kappa shape index (κ3) is 1.96. The third-order valence-corrected chi connectivity index (χ3v) is 4.90. The molecule has 21 heavy (non-hydrogen) atoms. The van der Waals surface area contributed by atoms with Crippen LogP contribution in [0.25, 0.3) is 0 Å². The van der Waals surface area contributed by atoms with Crippen molar-refractivity contribution in [3.05, 3.63) is 35.1 Å². The van der Waals surface area contributed by atoms with E-state index in [1.54, 1.807) is 13.0 Å². The molecule has 2 unspecified atom stereocenters. The summed E-state index contributed by atoms with van der Waals surface area (Å²) >= 11 is 0. The lowest BCUT2D eigenvalue weighted by Gasteiger charge is -2.45. The molecule has 0 aromatic heterocycles. The van der Waals surface area contributed by atoms with Crippen LogP contribution in [0.3, 0.4) is 0 Å². The number of carbonyl (C=O) groups is 2. The first-order valence-electron chi connectivity index (χ1n) is 7.63. The molecule has 2 atom stereocenters. The molecular formula is C17H20O4. The summed E-state index contributed by atoms with van der Waals surface area (Å²) in [6.45, 7) is 2.07. The Morgan fingerprint density at radius 2 is 2.29 bits per heavy atom. The highest BCUT2D eigenvalue weighted by Crippen LogP contribution is 2.54. The van der Waals surface area contributed by atoms with Gasteiger partial charge < -0.3 is 9.84 Å². The van der Waals surface area contributed by atoms with E-state index in [2.05, 4.69) is 6.08 Å². The summed E-state index contributed by atoms with van der Waals surface area (Å²) in [6.07, 6.45) is 9.60. The number of ketones is 1. The van der Waals surface area contributed by atoms with Gasteiger partial charge in [0.25, 0.3) is 0 Å². The Kier molecular flexibility index (Phi) is 3.47. The van der Waals surface area contributed by atoms with E-state index in [-0.39, 0.29) is 17.6 Å². The SMILES string of the molecule is CCOC(=O)C12C=CC(=O)C(O)=C1CC=C1CCCCC12. The molecule has 0 amide bonds. The molecule has 112 valence electrons. The molecule has 1 fully saturated rings. The van der Waals surface area contributed by atoms with E-state index in [1.165, 1.54) is 11.6 Å². The van der Waals surface area contributed by atoms with Crippen LogP contribution in [0.15, 0.2) is 35.1 Å². The van der Waals surface area contributed by atoms with Gasteiger partial charge in [0.05, 0.1) is 6.61 Å². The molecule has 3 aliphatic rings. The highest BCUT2D eigenvalue weighted by atomic mass is 16.5. The van der Waals surface area contributed by atoms with Gasteiger partial charge in [-0.1, -0.05) is 24.1 Å². The molecule has 0 aromatic rings. The van der Waals surface area contributed by atoms with E-state index in [1.807, 2.05) is 0 Å². The van der Waals surface area contributed by atoms with Gasteiger partial charge in [-0.2, -0.15) is 0 Å². The fourth-order valence-electron chi connectivity index (χ4n) is 3.94. The number of hydrogen-bond acceptors (Lipinski definition) is 4. The van der Waals surface area contributed by atoms with Gasteiger partial charge in [0, 0.05) is 11.5 Å². The second kappa shape index (κ2) is 5.17. The molecule has 0 aliphatic heterocycles. The first-order valence-corrected chi connectivity index (χ1v) is 7.63. The van der Waals surface area contributed by atoms with Gasteiger partial charge >= 0.3 is 5.97 Å². The van der Waals surface area contributed by atoms with Crippen LogP contribution in [0, 0.1) is 11.3 Å². The summed E-state index contributed by atoms with van der Waals surface area (Å²) in [5.41, 5.74) is 0.812. The summed E-state index contributed by atoms with van der Waals surface area (Å²) < 4.78 is 5.30. The quantitative estimate of drug-likeness (QED) is 0.626. The summed E-state index contributed by atoms with van der Waals surface area (Å²) in [5, 5.41) is 10.2.